The number of piperazine rings is 1. The van der Waals surface area contributed by atoms with Crippen LogP contribution in [0.1, 0.15) is 34.3 Å². The standard InChI is InChI=1S/C21H23ClN4O2S/c1-3-19(27)24-8-10-25(11-9-24)20(28)18-12-17-14(2)23-26(21(17)29-18)13-15-4-6-16(22)7-5-15/h4-7,12H,3,8-11,13H2,1-2H3. The van der Waals surface area contributed by atoms with Crippen LogP contribution in [0, 0.1) is 6.92 Å². The minimum atomic E-state index is 0.0345. The molecular weight excluding hydrogens is 408 g/mol. The van der Waals surface area contributed by atoms with Gasteiger partial charge in [-0.2, -0.15) is 5.10 Å². The van der Waals surface area contributed by atoms with Crippen LogP contribution in [0.3, 0.4) is 0 Å². The smallest absolute Gasteiger partial charge is 0.264 e. The van der Waals surface area contributed by atoms with E-state index < -0.39 is 0 Å². The van der Waals surface area contributed by atoms with Crippen LogP contribution in [0.15, 0.2) is 30.3 Å². The third-order valence-corrected chi connectivity index (χ3v) is 6.67. The summed E-state index contributed by atoms with van der Waals surface area (Å²) in [5, 5.41) is 6.37. The Morgan fingerprint density at radius 1 is 1.10 bits per heavy atom. The number of hydrogen-bond acceptors (Lipinski definition) is 4. The number of aromatic nitrogens is 2. The zero-order valence-corrected chi connectivity index (χ0v) is 18.1. The molecule has 29 heavy (non-hydrogen) atoms. The molecule has 6 nitrogen and oxygen atoms in total. The molecule has 3 heterocycles. The van der Waals surface area contributed by atoms with Crippen LogP contribution in [0.25, 0.3) is 10.2 Å². The Morgan fingerprint density at radius 3 is 2.41 bits per heavy atom. The lowest BCUT2D eigenvalue weighted by molar-refractivity contribution is -0.132. The van der Waals surface area contributed by atoms with E-state index in [1.807, 2.05) is 58.7 Å². The van der Waals surface area contributed by atoms with Gasteiger partial charge in [0.25, 0.3) is 5.91 Å². The van der Waals surface area contributed by atoms with Gasteiger partial charge in [0.1, 0.15) is 4.83 Å². The molecule has 1 aliphatic rings. The summed E-state index contributed by atoms with van der Waals surface area (Å²) < 4.78 is 1.95. The molecular formula is C21H23ClN4O2S. The summed E-state index contributed by atoms with van der Waals surface area (Å²) in [7, 11) is 0. The van der Waals surface area contributed by atoms with E-state index in [-0.39, 0.29) is 11.8 Å². The first-order valence-corrected chi connectivity index (χ1v) is 10.9. The number of thiophene rings is 1. The molecule has 0 unspecified atom stereocenters. The van der Waals surface area contributed by atoms with Gasteiger partial charge in [0, 0.05) is 43.0 Å². The molecule has 1 aromatic carbocycles. The van der Waals surface area contributed by atoms with Gasteiger partial charge in [-0.05, 0) is 30.7 Å². The Bertz CT molecular complexity index is 1050. The van der Waals surface area contributed by atoms with Crippen LogP contribution in [-0.4, -0.2) is 57.6 Å². The molecule has 1 fully saturated rings. The average Bonchev–Trinajstić information content (AvgIpc) is 3.30. The van der Waals surface area contributed by atoms with Gasteiger partial charge in [-0.25, -0.2) is 0 Å². The Kier molecular flexibility index (Phi) is 5.61. The van der Waals surface area contributed by atoms with Crippen molar-refractivity contribution in [3.63, 3.8) is 0 Å². The van der Waals surface area contributed by atoms with Crippen LogP contribution >= 0.6 is 22.9 Å². The number of hydrogen-bond donors (Lipinski definition) is 0. The number of carbonyl (C=O) groups is 2. The van der Waals surface area contributed by atoms with E-state index in [9.17, 15) is 9.59 Å². The second kappa shape index (κ2) is 8.16. The van der Waals surface area contributed by atoms with Crippen molar-refractivity contribution in [1.29, 1.82) is 0 Å². The molecule has 1 saturated heterocycles. The lowest BCUT2D eigenvalue weighted by atomic mass is 10.2. The number of carbonyl (C=O) groups excluding carboxylic acids is 2. The van der Waals surface area contributed by atoms with Crippen molar-refractivity contribution in [3.8, 4) is 0 Å². The highest BCUT2D eigenvalue weighted by molar-refractivity contribution is 7.20. The number of nitrogens with zero attached hydrogens (tertiary/aromatic N) is 4. The molecule has 4 rings (SSSR count). The Morgan fingerprint density at radius 2 is 1.76 bits per heavy atom. The molecule has 8 heteroatoms. The number of benzene rings is 1. The zero-order valence-electron chi connectivity index (χ0n) is 16.5. The van der Waals surface area contributed by atoms with Gasteiger partial charge in [-0.15, -0.1) is 11.3 Å². The van der Waals surface area contributed by atoms with E-state index in [4.69, 9.17) is 11.6 Å². The predicted octanol–water partition coefficient (Wildman–Crippen LogP) is 3.80. The van der Waals surface area contributed by atoms with E-state index in [1.54, 1.807) is 0 Å². The van der Waals surface area contributed by atoms with E-state index in [0.717, 1.165) is 26.4 Å². The van der Waals surface area contributed by atoms with Gasteiger partial charge < -0.3 is 9.80 Å². The van der Waals surface area contributed by atoms with Crippen LogP contribution in [0.4, 0.5) is 0 Å². The topological polar surface area (TPSA) is 58.4 Å². The van der Waals surface area contributed by atoms with Crippen molar-refractivity contribution >= 4 is 45.0 Å². The van der Waals surface area contributed by atoms with E-state index in [1.165, 1.54) is 11.3 Å². The van der Waals surface area contributed by atoms with Crippen molar-refractivity contribution in [2.24, 2.45) is 0 Å². The normalized spacial score (nSPS) is 14.6. The fraction of sp³-hybridized carbons (Fsp3) is 0.381. The minimum absolute atomic E-state index is 0.0345. The molecule has 0 atom stereocenters. The van der Waals surface area contributed by atoms with E-state index in [0.29, 0.717) is 44.2 Å². The predicted molar refractivity (Wildman–Crippen MR) is 116 cm³/mol. The maximum Gasteiger partial charge on any atom is 0.264 e. The van der Waals surface area contributed by atoms with E-state index >= 15 is 0 Å². The lowest BCUT2D eigenvalue weighted by Gasteiger charge is -2.34. The van der Waals surface area contributed by atoms with Crippen molar-refractivity contribution in [3.05, 3.63) is 51.5 Å². The van der Waals surface area contributed by atoms with Crippen LogP contribution < -0.4 is 0 Å². The number of halogens is 1. The fourth-order valence-electron chi connectivity index (χ4n) is 3.63. The molecule has 3 aromatic rings. The summed E-state index contributed by atoms with van der Waals surface area (Å²) in [5.41, 5.74) is 2.03. The first kappa shape index (κ1) is 19.9. The molecule has 152 valence electrons. The highest BCUT2D eigenvalue weighted by Crippen LogP contribution is 2.30. The largest absolute Gasteiger partial charge is 0.339 e. The van der Waals surface area contributed by atoms with Crippen molar-refractivity contribution in [2.75, 3.05) is 26.2 Å². The molecule has 0 saturated carbocycles. The fourth-order valence-corrected chi connectivity index (χ4v) is 4.88. The maximum atomic E-state index is 13.0. The summed E-state index contributed by atoms with van der Waals surface area (Å²) in [6, 6.07) is 9.67. The van der Waals surface area contributed by atoms with Gasteiger partial charge in [0.2, 0.25) is 5.91 Å². The summed E-state index contributed by atoms with van der Waals surface area (Å²) in [5.74, 6) is 0.184. The van der Waals surface area contributed by atoms with Gasteiger partial charge in [-0.1, -0.05) is 30.7 Å². The molecule has 2 aromatic heterocycles. The third-order valence-electron chi connectivity index (χ3n) is 5.29. The van der Waals surface area contributed by atoms with Gasteiger partial charge in [-0.3, -0.25) is 14.3 Å². The molecule has 0 spiro atoms. The molecule has 2 amide bonds. The molecule has 0 N–H and O–H groups in total. The summed E-state index contributed by atoms with van der Waals surface area (Å²) in [6.07, 6.45) is 0.508. The Hall–Kier alpha value is -2.38. The number of aryl methyl sites for hydroxylation is 1. The van der Waals surface area contributed by atoms with Crippen LogP contribution in [0.5, 0.6) is 0 Å². The number of rotatable bonds is 4. The summed E-state index contributed by atoms with van der Waals surface area (Å²) >= 11 is 7.46. The summed E-state index contributed by atoms with van der Waals surface area (Å²) in [4.78, 5) is 30.3. The van der Waals surface area contributed by atoms with Gasteiger partial charge in [0.15, 0.2) is 0 Å². The Labute approximate surface area is 178 Å². The zero-order chi connectivity index (χ0) is 20.5. The highest BCUT2D eigenvalue weighted by Gasteiger charge is 2.26. The second-order valence-electron chi connectivity index (χ2n) is 7.23. The summed E-state index contributed by atoms with van der Waals surface area (Å²) in [6.45, 7) is 6.83. The van der Waals surface area contributed by atoms with Crippen LogP contribution in [0.2, 0.25) is 5.02 Å². The maximum absolute atomic E-state index is 13.0. The third kappa shape index (κ3) is 4.02. The highest BCUT2D eigenvalue weighted by atomic mass is 35.5. The first-order chi connectivity index (χ1) is 14.0. The van der Waals surface area contributed by atoms with Gasteiger partial charge >= 0.3 is 0 Å². The van der Waals surface area contributed by atoms with E-state index in [2.05, 4.69) is 5.10 Å². The molecule has 0 bridgehead atoms. The van der Waals surface area contributed by atoms with Gasteiger partial charge in [0.05, 0.1) is 17.1 Å². The van der Waals surface area contributed by atoms with Crippen molar-refractivity contribution in [2.45, 2.75) is 26.8 Å². The second-order valence-corrected chi connectivity index (χ2v) is 8.69. The number of amides is 2. The average molecular weight is 431 g/mol. The Balaban J connectivity index is 1.52. The quantitative estimate of drug-likeness (QED) is 0.632. The van der Waals surface area contributed by atoms with Crippen molar-refractivity contribution in [1.82, 2.24) is 19.6 Å². The van der Waals surface area contributed by atoms with Crippen molar-refractivity contribution < 1.29 is 9.59 Å². The number of fused-ring (bicyclic) bond motifs is 1. The first-order valence-electron chi connectivity index (χ1n) is 9.74. The molecule has 0 aliphatic carbocycles. The SMILES string of the molecule is CCC(=O)N1CCN(C(=O)c2cc3c(C)nn(Cc4ccc(Cl)cc4)c3s2)CC1. The molecule has 1 aliphatic heterocycles. The minimum Gasteiger partial charge on any atom is -0.339 e. The lowest BCUT2D eigenvalue weighted by Crippen LogP contribution is -2.50. The monoisotopic (exact) mass is 430 g/mol. The van der Waals surface area contributed by atoms with Crippen LogP contribution in [-0.2, 0) is 11.3 Å². The molecule has 0 radical (unpaired) electrons.